The molecule has 0 unspecified atom stereocenters. The number of fused-ring (bicyclic) bond motifs is 1. The highest BCUT2D eigenvalue weighted by molar-refractivity contribution is 5.82. The van der Waals surface area contributed by atoms with E-state index in [1.54, 1.807) is 32.4 Å². The average molecular weight is 497 g/mol. The maximum absolute atomic E-state index is 13.3. The highest BCUT2D eigenvalue weighted by Gasteiger charge is 2.39. The third-order valence-corrected chi connectivity index (χ3v) is 8.34. The van der Waals surface area contributed by atoms with Crippen molar-refractivity contribution in [3.8, 4) is 5.75 Å². The summed E-state index contributed by atoms with van der Waals surface area (Å²) in [5.74, 6) is 1.37. The zero-order valence-electron chi connectivity index (χ0n) is 21.4. The number of aromatic nitrogens is 2. The molecule has 3 fully saturated rings. The van der Waals surface area contributed by atoms with Gasteiger partial charge in [-0.1, -0.05) is 0 Å². The van der Waals surface area contributed by atoms with E-state index in [2.05, 4.69) is 0 Å². The highest BCUT2D eigenvalue weighted by atomic mass is 16.5. The molecular formula is C27H36N4O5. The summed E-state index contributed by atoms with van der Waals surface area (Å²) < 4.78 is 8.12. The van der Waals surface area contributed by atoms with Crippen molar-refractivity contribution < 1.29 is 14.3 Å². The van der Waals surface area contributed by atoms with Crippen molar-refractivity contribution in [1.82, 2.24) is 18.9 Å². The molecule has 1 saturated heterocycles. The minimum Gasteiger partial charge on any atom is -0.497 e. The van der Waals surface area contributed by atoms with Gasteiger partial charge in [0.25, 0.3) is 5.56 Å². The van der Waals surface area contributed by atoms with Gasteiger partial charge in [-0.15, -0.1) is 0 Å². The third-order valence-electron chi connectivity index (χ3n) is 8.34. The summed E-state index contributed by atoms with van der Waals surface area (Å²) >= 11 is 0. The van der Waals surface area contributed by atoms with E-state index in [1.165, 1.54) is 9.13 Å². The van der Waals surface area contributed by atoms with Gasteiger partial charge in [0.1, 0.15) is 5.75 Å². The van der Waals surface area contributed by atoms with E-state index < -0.39 is 0 Å². The molecule has 0 spiro atoms. The number of aryl methyl sites for hydroxylation is 1. The average Bonchev–Trinajstić information content (AvgIpc) is 3.74. The molecule has 9 heteroatoms. The van der Waals surface area contributed by atoms with Crippen LogP contribution in [0.2, 0.25) is 0 Å². The first kappa shape index (κ1) is 24.6. The maximum Gasteiger partial charge on any atom is 0.331 e. The normalized spacial score (nSPS) is 24.7. The highest BCUT2D eigenvalue weighted by Crippen LogP contribution is 2.34. The molecule has 2 aromatic rings. The number of ether oxygens (including phenoxy) is 1. The first-order valence-electron chi connectivity index (χ1n) is 13.1. The second kappa shape index (κ2) is 9.75. The Hall–Kier alpha value is -3.10. The number of nitrogens with zero attached hydrogens (tertiary/aromatic N) is 4. The Kier molecular flexibility index (Phi) is 6.66. The molecule has 194 valence electrons. The van der Waals surface area contributed by atoms with E-state index in [9.17, 15) is 19.2 Å². The van der Waals surface area contributed by atoms with Crippen LogP contribution >= 0.6 is 0 Å². The SMILES string of the molecule is COc1ccc2c(c1)c(=O)n(C[C@H]1CC[C@H](C(=O)N3CCN(C(=O)C4CC4)C[C@H]3C)CC1)c(=O)n2C. The molecule has 0 N–H and O–H groups in total. The van der Waals surface area contributed by atoms with Crippen LogP contribution in [0.3, 0.4) is 0 Å². The van der Waals surface area contributed by atoms with Crippen molar-refractivity contribution in [1.29, 1.82) is 0 Å². The van der Waals surface area contributed by atoms with Gasteiger partial charge in [0.15, 0.2) is 0 Å². The van der Waals surface area contributed by atoms with Crippen LogP contribution in [0.4, 0.5) is 0 Å². The van der Waals surface area contributed by atoms with Crippen LogP contribution in [0.5, 0.6) is 5.75 Å². The topological polar surface area (TPSA) is 93.8 Å². The molecule has 3 aliphatic rings. The van der Waals surface area contributed by atoms with Crippen LogP contribution < -0.4 is 16.0 Å². The van der Waals surface area contributed by atoms with Crippen molar-refractivity contribution in [2.24, 2.45) is 24.8 Å². The molecule has 2 heterocycles. The first-order chi connectivity index (χ1) is 17.3. The van der Waals surface area contributed by atoms with Gasteiger partial charge >= 0.3 is 5.69 Å². The van der Waals surface area contributed by atoms with E-state index >= 15 is 0 Å². The Bertz CT molecular complexity index is 1290. The number of carbonyl (C=O) groups is 2. The summed E-state index contributed by atoms with van der Waals surface area (Å²) in [6.07, 6.45) is 5.12. The molecule has 0 radical (unpaired) electrons. The smallest absolute Gasteiger partial charge is 0.331 e. The predicted molar refractivity (Wildman–Crippen MR) is 136 cm³/mol. The van der Waals surface area contributed by atoms with Crippen molar-refractivity contribution in [2.75, 3.05) is 26.7 Å². The summed E-state index contributed by atoms with van der Waals surface area (Å²) in [6, 6.07) is 5.20. The molecule has 2 aliphatic carbocycles. The minimum atomic E-state index is -0.316. The van der Waals surface area contributed by atoms with E-state index in [0.717, 1.165) is 38.5 Å². The van der Waals surface area contributed by atoms with Crippen LogP contribution in [-0.2, 0) is 23.2 Å². The molecule has 9 nitrogen and oxygen atoms in total. The van der Waals surface area contributed by atoms with Crippen molar-refractivity contribution in [2.45, 2.75) is 58.0 Å². The summed E-state index contributed by atoms with van der Waals surface area (Å²) in [4.78, 5) is 55.8. The fourth-order valence-electron chi connectivity index (χ4n) is 5.94. The van der Waals surface area contributed by atoms with Crippen LogP contribution in [0.1, 0.15) is 45.4 Å². The maximum atomic E-state index is 13.3. The van der Waals surface area contributed by atoms with Crippen LogP contribution in [0.15, 0.2) is 27.8 Å². The zero-order valence-corrected chi connectivity index (χ0v) is 21.4. The second-order valence-electron chi connectivity index (χ2n) is 10.8. The fourth-order valence-corrected chi connectivity index (χ4v) is 5.94. The van der Waals surface area contributed by atoms with Gasteiger partial charge in [-0.2, -0.15) is 0 Å². The molecule has 1 atom stereocenters. The number of hydrogen-bond donors (Lipinski definition) is 0. The van der Waals surface area contributed by atoms with Crippen LogP contribution in [0.25, 0.3) is 10.9 Å². The molecular weight excluding hydrogens is 460 g/mol. The first-order valence-corrected chi connectivity index (χ1v) is 13.1. The molecule has 2 amide bonds. The van der Waals surface area contributed by atoms with E-state index in [4.69, 9.17) is 4.74 Å². The Morgan fingerprint density at radius 3 is 2.28 bits per heavy atom. The van der Waals surface area contributed by atoms with Crippen LogP contribution in [0, 0.1) is 17.8 Å². The van der Waals surface area contributed by atoms with E-state index in [-0.39, 0.29) is 46.9 Å². The van der Waals surface area contributed by atoms with E-state index in [1.807, 2.05) is 16.7 Å². The van der Waals surface area contributed by atoms with Gasteiger partial charge < -0.3 is 14.5 Å². The molecule has 1 aromatic heterocycles. The molecule has 1 aliphatic heterocycles. The minimum absolute atomic E-state index is 0.0304. The number of carbonyl (C=O) groups excluding carboxylic acids is 2. The summed E-state index contributed by atoms with van der Waals surface area (Å²) in [5.41, 5.74) is -0.0228. The monoisotopic (exact) mass is 496 g/mol. The molecule has 36 heavy (non-hydrogen) atoms. The predicted octanol–water partition coefficient (Wildman–Crippen LogP) is 1.98. The zero-order chi connectivity index (χ0) is 25.6. The van der Waals surface area contributed by atoms with Gasteiger partial charge in [0, 0.05) is 51.1 Å². The fraction of sp³-hybridized carbons (Fsp3) is 0.630. The number of benzene rings is 1. The lowest BCUT2D eigenvalue weighted by atomic mass is 9.81. The lowest BCUT2D eigenvalue weighted by Crippen LogP contribution is -2.57. The van der Waals surface area contributed by atoms with Crippen molar-refractivity contribution in [3.63, 3.8) is 0 Å². The van der Waals surface area contributed by atoms with Gasteiger partial charge in [-0.3, -0.25) is 23.5 Å². The Morgan fingerprint density at radius 2 is 1.64 bits per heavy atom. The third kappa shape index (κ3) is 4.55. The van der Waals surface area contributed by atoms with Gasteiger partial charge in [-0.25, -0.2) is 4.79 Å². The number of hydrogen-bond acceptors (Lipinski definition) is 5. The number of piperazine rings is 1. The van der Waals surface area contributed by atoms with Gasteiger partial charge in [0.2, 0.25) is 11.8 Å². The molecule has 5 rings (SSSR count). The quantitative estimate of drug-likeness (QED) is 0.631. The Balaban J connectivity index is 1.22. The molecule has 1 aromatic carbocycles. The molecule has 0 bridgehead atoms. The van der Waals surface area contributed by atoms with E-state index in [0.29, 0.717) is 42.8 Å². The Labute approximate surface area is 210 Å². The van der Waals surface area contributed by atoms with Gasteiger partial charge in [0.05, 0.1) is 18.0 Å². The largest absolute Gasteiger partial charge is 0.497 e. The lowest BCUT2D eigenvalue weighted by Gasteiger charge is -2.42. The summed E-state index contributed by atoms with van der Waals surface area (Å²) in [5, 5.41) is 0.466. The number of methoxy groups -OCH3 is 1. The molecule has 2 saturated carbocycles. The summed E-state index contributed by atoms with van der Waals surface area (Å²) in [6.45, 7) is 4.24. The number of rotatable bonds is 5. The van der Waals surface area contributed by atoms with Crippen LogP contribution in [-0.4, -0.2) is 63.5 Å². The number of amides is 2. The van der Waals surface area contributed by atoms with Crippen molar-refractivity contribution in [3.05, 3.63) is 39.0 Å². The lowest BCUT2D eigenvalue weighted by molar-refractivity contribution is -0.146. The van der Waals surface area contributed by atoms with Crippen molar-refractivity contribution >= 4 is 22.7 Å². The Morgan fingerprint density at radius 1 is 0.972 bits per heavy atom. The summed E-state index contributed by atoms with van der Waals surface area (Å²) in [7, 11) is 3.23. The van der Waals surface area contributed by atoms with Gasteiger partial charge in [-0.05, 0) is 69.6 Å². The second-order valence-corrected chi connectivity index (χ2v) is 10.8. The standard InChI is InChI=1S/C27H36N4O5/c1-17-15-29(24(32)19-8-9-19)12-13-30(17)25(33)20-6-4-18(5-7-20)16-31-26(34)22-14-21(36-3)10-11-23(22)28(2)27(31)35/h10-11,14,17-20H,4-9,12-13,15-16H2,1-3H3/t17-,18-,20-/m1/s1.